The van der Waals surface area contributed by atoms with Gasteiger partial charge in [-0.1, -0.05) is 60.7 Å². The first kappa shape index (κ1) is 37.3. The summed E-state index contributed by atoms with van der Waals surface area (Å²) in [6.07, 6.45) is 0. The normalized spacial score (nSPS) is 10.9. The molecule has 0 spiro atoms. The van der Waals surface area contributed by atoms with E-state index < -0.39 is 0 Å². The molecule has 0 aliphatic carbocycles. The van der Waals surface area contributed by atoms with E-state index in [9.17, 15) is 9.59 Å². The smallest absolute Gasteiger partial charge is 0.256 e. The average Bonchev–Trinajstić information content (AvgIpc) is 3.20. The molecule has 0 unspecified atom stereocenters. The van der Waals surface area contributed by atoms with Crippen molar-refractivity contribution in [3.8, 4) is 45.6 Å². The topological polar surface area (TPSA) is 114 Å². The fourth-order valence-electron chi connectivity index (χ4n) is 7.13. The molecule has 0 aromatic heterocycles. The third kappa shape index (κ3) is 6.78. The minimum Gasteiger partial charge on any atom is -0.495 e. The molecule has 0 saturated heterocycles. The second-order valence-electron chi connectivity index (χ2n) is 12.7. The monoisotopic (exact) mass is 728 g/mol. The van der Waals surface area contributed by atoms with Crippen LogP contribution in [0.5, 0.6) is 34.5 Å². The molecule has 0 bridgehead atoms. The molecule has 10 heteroatoms. The van der Waals surface area contributed by atoms with Crippen LogP contribution in [-0.4, -0.2) is 54.5 Å². The van der Waals surface area contributed by atoms with E-state index in [-0.39, 0.29) is 11.8 Å². The van der Waals surface area contributed by atoms with E-state index in [0.717, 1.165) is 33.4 Å². The highest BCUT2D eigenvalue weighted by Crippen LogP contribution is 2.52. The van der Waals surface area contributed by atoms with Crippen molar-refractivity contribution in [3.05, 3.63) is 118 Å². The summed E-state index contributed by atoms with van der Waals surface area (Å²) in [5.41, 5.74) is 5.66. The molecule has 0 saturated carbocycles. The molecule has 278 valence electrons. The number of carbonyl (C=O) groups is 2. The Morgan fingerprint density at radius 1 is 0.463 bits per heavy atom. The van der Waals surface area contributed by atoms with Crippen LogP contribution in [0.3, 0.4) is 0 Å². The van der Waals surface area contributed by atoms with Crippen molar-refractivity contribution < 1.29 is 38.0 Å². The van der Waals surface area contributed by atoms with Crippen LogP contribution in [0.1, 0.15) is 43.0 Å². The number of hydrogen-bond donors (Lipinski definition) is 2. The molecule has 6 rings (SSSR count). The lowest BCUT2D eigenvalue weighted by atomic mass is 9.87. The van der Waals surface area contributed by atoms with Gasteiger partial charge in [-0.25, -0.2) is 0 Å². The summed E-state index contributed by atoms with van der Waals surface area (Å²) in [6, 6.07) is 26.9. The van der Waals surface area contributed by atoms with E-state index >= 15 is 0 Å². The predicted octanol–water partition coefficient (Wildman–Crippen LogP) is 8.19. The van der Waals surface area contributed by atoms with Crippen LogP contribution in [0.25, 0.3) is 32.7 Å². The maximum Gasteiger partial charge on any atom is 0.256 e. The first-order chi connectivity index (χ1) is 26.2. The van der Waals surface area contributed by atoms with E-state index in [1.807, 2.05) is 98.8 Å². The van der Waals surface area contributed by atoms with Crippen LogP contribution in [0.2, 0.25) is 0 Å². The van der Waals surface area contributed by atoms with Crippen LogP contribution in [0.4, 0.5) is 0 Å². The average molecular weight is 729 g/mol. The maximum absolute atomic E-state index is 14.0. The lowest BCUT2D eigenvalue weighted by Crippen LogP contribution is -2.24. The number of amides is 2. The molecule has 0 aliphatic heterocycles. The fraction of sp³-hybridized carbons (Fsp3) is 0.227. The van der Waals surface area contributed by atoms with Crippen molar-refractivity contribution in [2.24, 2.45) is 0 Å². The number of carbonyl (C=O) groups excluding carboxylic acids is 2. The molecule has 6 aromatic carbocycles. The molecule has 2 amide bonds. The van der Waals surface area contributed by atoms with Crippen LogP contribution >= 0.6 is 0 Å². The summed E-state index contributed by atoms with van der Waals surface area (Å²) in [5, 5.41) is 8.61. The largest absolute Gasteiger partial charge is 0.495 e. The zero-order valence-electron chi connectivity index (χ0n) is 31.8. The highest BCUT2D eigenvalue weighted by Gasteiger charge is 2.30. The minimum absolute atomic E-state index is 0.309. The molecule has 6 aromatic rings. The molecule has 0 fully saturated rings. The van der Waals surface area contributed by atoms with Gasteiger partial charge in [-0.3, -0.25) is 9.59 Å². The lowest BCUT2D eigenvalue weighted by Gasteiger charge is -2.24. The summed E-state index contributed by atoms with van der Waals surface area (Å²) in [6.45, 7) is 4.56. The van der Waals surface area contributed by atoms with Gasteiger partial charge < -0.3 is 39.1 Å². The molecule has 2 N–H and O–H groups in total. The second-order valence-corrected chi connectivity index (χ2v) is 12.7. The Morgan fingerprint density at radius 2 is 0.815 bits per heavy atom. The second kappa shape index (κ2) is 16.1. The van der Waals surface area contributed by atoms with Crippen molar-refractivity contribution in [3.63, 3.8) is 0 Å². The van der Waals surface area contributed by atoms with Crippen molar-refractivity contribution in [1.29, 1.82) is 0 Å². The molecule has 0 heterocycles. The number of benzene rings is 6. The third-order valence-corrected chi connectivity index (χ3v) is 9.58. The van der Waals surface area contributed by atoms with Crippen LogP contribution in [0, 0.1) is 13.8 Å². The maximum atomic E-state index is 14.0. The minimum atomic E-state index is -0.326. The van der Waals surface area contributed by atoms with Gasteiger partial charge in [-0.15, -0.1) is 0 Å². The van der Waals surface area contributed by atoms with Crippen molar-refractivity contribution >= 4 is 33.4 Å². The van der Waals surface area contributed by atoms with Gasteiger partial charge in [0.1, 0.15) is 11.5 Å². The Morgan fingerprint density at radius 3 is 1.13 bits per heavy atom. The predicted molar refractivity (Wildman–Crippen MR) is 211 cm³/mol. The number of methoxy groups -OCH3 is 6. The Bertz CT molecular complexity index is 2190. The van der Waals surface area contributed by atoms with Crippen LogP contribution < -0.4 is 39.1 Å². The van der Waals surface area contributed by atoms with Gasteiger partial charge in [0.25, 0.3) is 11.8 Å². The fourth-order valence-corrected chi connectivity index (χ4v) is 7.13. The standard InChI is InChI=1S/C44H44N2O8/c1-25-19-29-31(21-33(49-3)41(53-7)37(29)43(47)45-23-27-15-11-9-12-16-27)39(51-5)35(25)36-26(2)20-30-32(40(36)52-6)22-34(50-4)42(54-8)38(30)44(48)46-24-28-17-13-10-14-18-28/h9-22H,23-24H2,1-8H3,(H,45,47)(H,46,48). The summed E-state index contributed by atoms with van der Waals surface area (Å²) < 4.78 is 35.6. The quantitative estimate of drug-likeness (QED) is 0.122. The van der Waals surface area contributed by atoms with Crippen LogP contribution in [-0.2, 0) is 13.1 Å². The van der Waals surface area contributed by atoms with Crippen LogP contribution in [0.15, 0.2) is 84.9 Å². The highest BCUT2D eigenvalue weighted by molar-refractivity contribution is 6.16. The van der Waals surface area contributed by atoms with E-state index in [2.05, 4.69) is 10.6 Å². The van der Waals surface area contributed by atoms with Gasteiger partial charge in [-0.2, -0.15) is 0 Å². The summed E-state index contributed by atoms with van der Waals surface area (Å²) in [7, 11) is 9.27. The van der Waals surface area contributed by atoms with Gasteiger partial charge in [0.15, 0.2) is 23.0 Å². The molecule has 0 atom stereocenters. The van der Waals surface area contributed by atoms with E-state index in [0.29, 0.717) is 80.3 Å². The Hall–Kier alpha value is -6.42. The SMILES string of the molecule is COc1cc2c(OC)c(-c3c(C)cc4c(C(=O)NCc5ccccc5)c(OC)c(OC)cc4c3OC)c(C)cc2c(C(=O)NCc2ccccc2)c1OC. The molecular formula is C44H44N2O8. The van der Waals surface area contributed by atoms with E-state index in [1.165, 1.54) is 28.4 Å². The summed E-state index contributed by atoms with van der Waals surface area (Å²) >= 11 is 0. The summed E-state index contributed by atoms with van der Waals surface area (Å²) in [5.74, 6) is 1.71. The van der Waals surface area contributed by atoms with Crippen molar-refractivity contribution in [1.82, 2.24) is 10.6 Å². The number of nitrogens with one attached hydrogen (secondary N) is 2. The first-order valence-corrected chi connectivity index (χ1v) is 17.4. The van der Waals surface area contributed by atoms with E-state index in [4.69, 9.17) is 28.4 Å². The number of fused-ring (bicyclic) bond motifs is 2. The van der Waals surface area contributed by atoms with Gasteiger partial charge >= 0.3 is 0 Å². The Balaban J connectivity index is 1.58. The molecule has 54 heavy (non-hydrogen) atoms. The number of rotatable bonds is 13. The lowest BCUT2D eigenvalue weighted by molar-refractivity contribution is 0.0940. The first-order valence-electron chi connectivity index (χ1n) is 17.4. The number of hydrogen-bond acceptors (Lipinski definition) is 8. The zero-order chi connectivity index (χ0) is 38.5. The molecule has 0 aliphatic rings. The van der Waals surface area contributed by atoms with Gasteiger partial charge in [0.05, 0.1) is 53.8 Å². The van der Waals surface area contributed by atoms with Crippen molar-refractivity contribution in [2.45, 2.75) is 26.9 Å². The number of aryl methyl sites for hydroxylation is 2. The molecule has 0 radical (unpaired) electrons. The van der Waals surface area contributed by atoms with Gasteiger partial charge in [0.2, 0.25) is 0 Å². The molecular weight excluding hydrogens is 684 g/mol. The number of ether oxygens (including phenoxy) is 6. The van der Waals surface area contributed by atoms with E-state index in [1.54, 1.807) is 14.2 Å². The Kier molecular flexibility index (Phi) is 11.1. The molecule has 10 nitrogen and oxygen atoms in total. The van der Waals surface area contributed by atoms with Crippen molar-refractivity contribution in [2.75, 3.05) is 42.7 Å². The third-order valence-electron chi connectivity index (χ3n) is 9.58. The Labute approximate surface area is 314 Å². The zero-order valence-corrected chi connectivity index (χ0v) is 31.8. The summed E-state index contributed by atoms with van der Waals surface area (Å²) in [4.78, 5) is 28.0. The van der Waals surface area contributed by atoms with Gasteiger partial charge in [0, 0.05) is 45.8 Å². The highest BCUT2D eigenvalue weighted by atomic mass is 16.5. The van der Waals surface area contributed by atoms with Gasteiger partial charge in [-0.05, 0) is 60.4 Å².